The molecule has 3 nitrogen and oxygen atoms in total. The van der Waals surface area contributed by atoms with E-state index in [2.05, 4.69) is 17.1 Å². The molecule has 2 saturated heterocycles. The summed E-state index contributed by atoms with van der Waals surface area (Å²) in [5, 5.41) is 3.73. The van der Waals surface area contributed by atoms with Gasteiger partial charge in [-0.15, -0.1) is 0 Å². The van der Waals surface area contributed by atoms with Gasteiger partial charge in [0.05, 0.1) is 6.10 Å². The van der Waals surface area contributed by atoms with Crippen molar-refractivity contribution < 1.29 is 4.74 Å². The van der Waals surface area contributed by atoms with E-state index in [1.165, 1.54) is 58.2 Å². The van der Waals surface area contributed by atoms with E-state index >= 15 is 0 Å². The molecule has 0 radical (unpaired) electrons. The Labute approximate surface area is 111 Å². The van der Waals surface area contributed by atoms with Gasteiger partial charge in [-0.1, -0.05) is 0 Å². The van der Waals surface area contributed by atoms with Gasteiger partial charge in [0, 0.05) is 31.8 Å². The largest absolute Gasteiger partial charge is 0.378 e. The van der Waals surface area contributed by atoms with Crippen LogP contribution in [-0.2, 0) is 4.74 Å². The van der Waals surface area contributed by atoms with Crippen molar-refractivity contribution in [3.63, 3.8) is 0 Å². The second kappa shape index (κ2) is 5.89. The minimum Gasteiger partial charge on any atom is -0.378 e. The van der Waals surface area contributed by atoms with Crippen LogP contribution >= 0.6 is 0 Å². The van der Waals surface area contributed by atoms with Crippen molar-refractivity contribution >= 4 is 0 Å². The molecule has 1 aliphatic carbocycles. The predicted octanol–water partition coefficient (Wildman–Crippen LogP) is 2.02. The SMILES string of the molecule is CC1CNC(C2CC2)CN1CCCC1CCCO1. The van der Waals surface area contributed by atoms with Crippen LogP contribution in [0.15, 0.2) is 0 Å². The molecule has 18 heavy (non-hydrogen) atoms. The summed E-state index contributed by atoms with van der Waals surface area (Å²) in [4.78, 5) is 2.70. The third-order valence-corrected chi connectivity index (χ3v) is 4.92. The molecule has 0 spiro atoms. The summed E-state index contributed by atoms with van der Waals surface area (Å²) < 4.78 is 5.71. The minimum atomic E-state index is 0.572. The van der Waals surface area contributed by atoms with Gasteiger partial charge in [0.15, 0.2) is 0 Å². The fraction of sp³-hybridized carbons (Fsp3) is 1.00. The third-order valence-electron chi connectivity index (χ3n) is 4.92. The van der Waals surface area contributed by atoms with Gasteiger partial charge in [-0.3, -0.25) is 4.90 Å². The summed E-state index contributed by atoms with van der Waals surface area (Å²) in [5.41, 5.74) is 0. The van der Waals surface area contributed by atoms with Crippen molar-refractivity contribution in [1.29, 1.82) is 0 Å². The first-order valence-electron chi connectivity index (χ1n) is 7.92. The zero-order valence-electron chi connectivity index (χ0n) is 11.7. The molecule has 0 amide bonds. The number of piperazine rings is 1. The Balaban J connectivity index is 1.39. The van der Waals surface area contributed by atoms with Crippen molar-refractivity contribution in [2.24, 2.45) is 5.92 Å². The molecule has 3 aliphatic rings. The lowest BCUT2D eigenvalue weighted by molar-refractivity contribution is 0.0888. The zero-order valence-corrected chi connectivity index (χ0v) is 11.7. The average molecular weight is 252 g/mol. The van der Waals surface area contributed by atoms with Gasteiger partial charge < -0.3 is 10.1 Å². The molecule has 2 aliphatic heterocycles. The monoisotopic (exact) mass is 252 g/mol. The molecular formula is C15H28N2O. The highest BCUT2D eigenvalue weighted by molar-refractivity contribution is 4.93. The normalized spacial score (nSPS) is 38.2. The number of hydrogen-bond donors (Lipinski definition) is 1. The standard InChI is InChI=1S/C15H28N2O/c1-12-10-16-15(13-6-7-13)11-17(12)8-2-4-14-5-3-9-18-14/h12-16H,2-11H2,1H3. The molecule has 0 aromatic carbocycles. The Morgan fingerprint density at radius 3 is 2.89 bits per heavy atom. The van der Waals surface area contributed by atoms with Crippen LogP contribution in [0.25, 0.3) is 0 Å². The van der Waals surface area contributed by atoms with Gasteiger partial charge in [-0.25, -0.2) is 0 Å². The smallest absolute Gasteiger partial charge is 0.0576 e. The molecule has 0 bridgehead atoms. The van der Waals surface area contributed by atoms with E-state index in [0.717, 1.165) is 18.6 Å². The van der Waals surface area contributed by atoms with E-state index in [0.29, 0.717) is 12.1 Å². The Kier molecular flexibility index (Phi) is 4.22. The fourth-order valence-corrected chi connectivity index (χ4v) is 3.47. The molecular weight excluding hydrogens is 224 g/mol. The van der Waals surface area contributed by atoms with Gasteiger partial charge in [0.1, 0.15) is 0 Å². The average Bonchev–Trinajstić information content (AvgIpc) is 3.10. The molecule has 0 aromatic heterocycles. The summed E-state index contributed by atoms with van der Waals surface area (Å²) >= 11 is 0. The molecule has 3 fully saturated rings. The van der Waals surface area contributed by atoms with Crippen molar-refractivity contribution in [3.8, 4) is 0 Å². The van der Waals surface area contributed by atoms with E-state index in [9.17, 15) is 0 Å². The Morgan fingerprint density at radius 1 is 1.28 bits per heavy atom. The maximum absolute atomic E-state index is 5.71. The molecule has 2 heterocycles. The number of nitrogens with zero attached hydrogens (tertiary/aromatic N) is 1. The Morgan fingerprint density at radius 2 is 2.17 bits per heavy atom. The summed E-state index contributed by atoms with van der Waals surface area (Å²) in [7, 11) is 0. The molecule has 3 unspecified atom stereocenters. The van der Waals surface area contributed by atoms with Crippen molar-refractivity contribution in [2.75, 3.05) is 26.2 Å². The number of nitrogens with one attached hydrogen (secondary N) is 1. The second-order valence-electron chi connectivity index (χ2n) is 6.47. The van der Waals surface area contributed by atoms with Crippen LogP contribution in [0, 0.1) is 5.92 Å². The van der Waals surface area contributed by atoms with Crippen LogP contribution in [0.1, 0.15) is 45.4 Å². The van der Waals surface area contributed by atoms with Gasteiger partial charge >= 0.3 is 0 Å². The van der Waals surface area contributed by atoms with Gasteiger partial charge in [0.25, 0.3) is 0 Å². The van der Waals surface area contributed by atoms with E-state index in [1.807, 2.05) is 0 Å². The zero-order chi connectivity index (χ0) is 12.4. The summed E-state index contributed by atoms with van der Waals surface area (Å²) in [6.45, 7) is 7.09. The maximum atomic E-state index is 5.71. The first-order valence-corrected chi connectivity index (χ1v) is 7.92. The molecule has 0 aromatic rings. The molecule has 1 N–H and O–H groups in total. The fourth-order valence-electron chi connectivity index (χ4n) is 3.47. The first kappa shape index (κ1) is 12.9. The molecule has 3 heteroatoms. The highest BCUT2D eigenvalue weighted by atomic mass is 16.5. The lowest BCUT2D eigenvalue weighted by Gasteiger charge is -2.39. The van der Waals surface area contributed by atoms with Crippen LogP contribution in [-0.4, -0.2) is 49.3 Å². The molecule has 1 saturated carbocycles. The number of ether oxygens (including phenoxy) is 1. The van der Waals surface area contributed by atoms with Crippen LogP contribution in [0.2, 0.25) is 0 Å². The summed E-state index contributed by atoms with van der Waals surface area (Å²) in [5.74, 6) is 0.984. The van der Waals surface area contributed by atoms with E-state index in [4.69, 9.17) is 4.74 Å². The van der Waals surface area contributed by atoms with Gasteiger partial charge in [-0.05, 0) is 57.9 Å². The lowest BCUT2D eigenvalue weighted by atomic mass is 10.0. The second-order valence-corrected chi connectivity index (χ2v) is 6.47. The minimum absolute atomic E-state index is 0.572. The molecule has 3 rings (SSSR count). The van der Waals surface area contributed by atoms with Crippen LogP contribution < -0.4 is 5.32 Å². The van der Waals surface area contributed by atoms with Crippen LogP contribution in [0.4, 0.5) is 0 Å². The summed E-state index contributed by atoms with van der Waals surface area (Å²) in [6, 6.07) is 1.49. The quantitative estimate of drug-likeness (QED) is 0.810. The topological polar surface area (TPSA) is 24.5 Å². The number of rotatable bonds is 5. The van der Waals surface area contributed by atoms with Crippen molar-refractivity contribution in [2.45, 2.75) is 63.6 Å². The lowest BCUT2D eigenvalue weighted by Crippen LogP contribution is -2.56. The van der Waals surface area contributed by atoms with Crippen molar-refractivity contribution in [1.82, 2.24) is 10.2 Å². The van der Waals surface area contributed by atoms with Crippen LogP contribution in [0.5, 0.6) is 0 Å². The van der Waals surface area contributed by atoms with Crippen molar-refractivity contribution in [3.05, 3.63) is 0 Å². The van der Waals surface area contributed by atoms with Gasteiger partial charge in [-0.2, -0.15) is 0 Å². The molecule has 104 valence electrons. The third kappa shape index (κ3) is 3.25. The number of hydrogen-bond acceptors (Lipinski definition) is 3. The predicted molar refractivity (Wildman–Crippen MR) is 73.8 cm³/mol. The highest BCUT2D eigenvalue weighted by Gasteiger charge is 2.35. The first-order chi connectivity index (χ1) is 8.83. The Bertz CT molecular complexity index is 261. The highest BCUT2D eigenvalue weighted by Crippen LogP contribution is 2.34. The van der Waals surface area contributed by atoms with E-state index in [-0.39, 0.29) is 0 Å². The van der Waals surface area contributed by atoms with E-state index < -0.39 is 0 Å². The van der Waals surface area contributed by atoms with Gasteiger partial charge in [0.2, 0.25) is 0 Å². The summed E-state index contributed by atoms with van der Waals surface area (Å²) in [6.07, 6.45) is 8.63. The Hall–Kier alpha value is -0.120. The maximum Gasteiger partial charge on any atom is 0.0576 e. The van der Waals surface area contributed by atoms with E-state index in [1.54, 1.807) is 0 Å². The van der Waals surface area contributed by atoms with Crippen LogP contribution in [0.3, 0.4) is 0 Å². The molecule has 3 atom stereocenters.